The second-order valence-corrected chi connectivity index (χ2v) is 7.81. The average molecular weight is 379 g/mol. The van der Waals surface area contributed by atoms with Gasteiger partial charge in [-0.25, -0.2) is 13.2 Å². The number of hydrogen-bond acceptors (Lipinski definition) is 4. The Morgan fingerprint density at radius 1 is 1.00 bits per heavy atom. The summed E-state index contributed by atoms with van der Waals surface area (Å²) >= 11 is 5.75. The van der Waals surface area contributed by atoms with E-state index < -0.39 is 28.0 Å². The molecule has 0 aromatic heterocycles. The fourth-order valence-electron chi connectivity index (χ4n) is 2.60. The molecule has 0 unspecified atom stereocenters. The lowest BCUT2D eigenvalue weighted by molar-refractivity contribution is -0.124. The molecule has 1 heterocycles. The topological polar surface area (TPSA) is 83.6 Å². The molecule has 0 spiro atoms. The van der Waals surface area contributed by atoms with Crippen molar-refractivity contribution in [3.8, 4) is 0 Å². The van der Waals surface area contributed by atoms with Crippen molar-refractivity contribution in [2.24, 2.45) is 0 Å². The van der Waals surface area contributed by atoms with Crippen molar-refractivity contribution in [1.82, 2.24) is 9.62 Å². The van der Waals surface area contributed by atoms with Crippen LogP contribution in [0.5, 0.6) is 0 Å². The van der Waals surface area contributed by atoms with Crippen molar-refractivity contribution in [2.75, 3.05) is 0 Å². The fraction of sp³-hybridized carbons (Fsp3) is 0.176. The first-order valence-corrected chi connectivity index (χ1v) is 9.40. The first-order chi connectivity index (χ1) is 11.9. The molecule has 0 aliphatic carbocycles. The van der Waals surface area contributed by atoms with Crippen LogP contribution in [0.2, 0.25) is 5.02 Å². The van der Waals surface area contributed by atoms with Crippen molar-refractivity contribution in [2.45, 2.75) is 23.8 Å². The number of nitrogens with one attached hydrogen (secondary N) is 1. The van der Waals surface area contributed by atoms with Crippen LogP contribution < -0.4 is 5.32 Å². The van der Waals surface area contributed by atoms with E-state index >= 15 is 0 Å². The Labute approximate surface area is 150 Å². The largest absolute Gasteiger partial charge is 0.339 e. The van der Waals surface area contributed by atoms with Gasteiger partial charge >= 0.3 is 6.03 Å². The summed E-state index contributed by atoms with van der Waals surface area (Å²) < 4.78 is 25.5. The molecular formula is C17H15ClN2O4S. The molecule has 3 rings (SSSR count). The predicted octanol–water partition coefficient (Wildman–Crippen LogP) is 2.58. The molecule has 1 N–H and O–H groups in total. The number of sulfonamides is 1. The van der Waals surface area contributed by atoms with Crippen LogP contribution in [0.1, 0.15) is 12.0 Å². The van der Waals surface area contributed by atoms with Crippen molar-refractivity contribution in [3.05, 3.63) is 65.2 Å². The highest BCUT2D eigenvalue weighted by Crippen LogP contribution is 2.23. The van der Waals surface area contributed by atoms with Gasteiger partial charge in [0, 0.05) is 5.02 Å². The van der Waals surface area contributed by atoms with Gasteiger partial charge in [-0.1, -0.05) is 41.9 Å². The van der Waals surface area contributed by atoms with E-state index in [9.17, 15) is 18.0 Å². The van der Waals surface area contributed by atoms with Crippen molar-refractivity contribution < 1.29 is 18.0 Å². The summed E-state index contributed by atoms with van der Waals surface area (Å²) in [5.74, 6) is -0.768. The molecule has 130 valence electrons. The zero-order chi connectivity index (χ0) is 18.0. The summed E-state index contributed by atoms with van der Waals surface area (Å²) in [6.07, 6.45) is 0.869. The molecule has 25 heavy (non-hydrogen) atoms. The van der Waals surface area contributed by atoms with Gasteiger partial charge in [0.05, 0.1) is 4.90 Å². The van der Waals surface area contributed by atoms with Gasteiger partial charge in [0.1, 0.15) is 6.04 Å². The third kappa shape index (κ3) is 3.52. The van der Waals surface area contributed by atoms with E-state index in [1.165, 1.54) is 24.3 Å². The summed E-state index contributed by atoms with van der Waals surface area (Å²) in [5, 5.41) is 2.80. The Bertz CT molecular complexity index is 898. The third-order valence-electron chi connectivity index (χ3n) is 3.90. The number of benzene rings is 2. The normalized spacial score (nSPS) is 17.6. The quantitative estimate of drug-likeness (QED) is 0.810. The maximum atomic E-state index is 12.6. The molecular weight excluding hydrogens is 364 g/mol. The number of hydrogen-bond donors (Lipinski definition) is 1. The summed E-state index contributed by atoms with van der Waals surface area (Å²) in [6, 6.07) is 12.9. The highest BCUT2D eigenvalue weighted by Gasteiger charge is 2.45. The minimum atomic E-state index is -4.26. The Balaban J connectivity index is 1.78. The molecule has 0 bridgehead atoms. The average Bonchev–Trinajstić information content (AvgIpc) is 2.88. The van der Waals surface area contributed by atoms with E-state index in [1.807, 2.05) is 30.3 Å². The van der Waals surface area contributed by atoms with E-state index in [1.54, 1.807) is 0 Å². The molecule has 3 amide bonds. The molecule has 0 radical (unpaired) electrons. The number of imide groups is 1. The molecule has 8 heteroatoms. The van der Waals surface area contributed by atoms with Gasteiger partial charge in [0.25, 0.3) is 15.9 Å². The molecule has 2 aromatic carbocycles. The highest BCUT2D eigenvalue weighted by atomic mass is 35.5. The lowest BCUT2D eigenvalue weighted by Crippen LogP contribution is -2.37. The van der Waals surface area contributed by atoms with Gasteiger partial charge in [-0.15, -0.1) is 4.31 Å². The minimum Gasteiger partial charge on any atom is -0.325 e. The molecule has 2 aromatic rings. The second kappa shape index (κ2) is 6.85. The number of rotatable bonds is 5. The van der Waals surface area contributed by atoms with Gasteiger partial charge in [0.15, 0.2) is 0 Å². The minimum absolute atomic E-state index is 0.163. The van der Waals surface area contributed by atoms with E-state index in [2.05, 4.69) is 5.32 Å². The van der Waals surface area contributed by atoms with Gasteiger partial charge < -0.3 is 5.32 Å². The van der Waals surface area contributed by atoms with E-state index in [0.717, 1.165) is 5.56 Å². The van der Waals surface area contributed by atoms with Crippen LogP contribution >= 0.6 is 11.6 Å². The lowest BCUT2D eigenvalue weighted by atomic mass is 10.1. The van der Waals surface area contributed by atoms with Crippen LogP contribution in [0, 0.1) is 0 Å². The highest BCUT2D eigenvalue weighted by molar-refractivity contribution is 7.90. The molecule has 6 nitrogen and oxygen atoms in total. The van der Waals surface area contributed by atoms with Crippen LogP contribution in [-0.4, -0.2) is 30.7 Å². The standard InChI is InChI=1S/C17H15ClN2O4S/c18-13-7-9-14(10-8-13)25(23,24)20-16(21)15(19-17(20)22)11-6-12-4-2-1-3-5-12/h1-5,7-10,15H,6,11H2,(H,19,22)/t15-/m0/s1. The van der Waals surface area contributed by atoms with Gasteiger partial charge in [-0.2, -0.15) is 0 Å². The second-order valence-electron chi connectivity index (χ2n) is 5.59. The predicted molar refractivity (Wildman–Crippen MR) is 92.6 cm³/mol. The number of nitrogens with zero attached hydrogens (tertiary/aromatic N) is 1. The zero-order valence-corrected chi connectivity index (χ0v) is 14.6. The zero-order valence-electron chi connectivity index (χ0n) is 13.1. The fourth-order valence-corrected chi connectivity index (χ4v) is 4.05. The molecule has 1 saturated heterocycles. The Hall–Kier alpha value is -2.38. The maximum Gasteiger partial charge on any atom is 0.339 e. The van der Waals surface area contributed by atoms with Gasteiger partial charge in [0.2, 0.25) is 0 Å². The Kier molecular flexibility index (Phi) is 4.78. The first kappa shape index (κ1) is 17.4. The number of halogens is 1. The SMILES string of the molecule is O=C1N[C@@H](CCc2ccccc2)C(=O)N1S(=O)(=O)c1ccc(Cl)cc1. The molecule has 1 aliphatic rings. The summed E-state index contributed by atoms with van der Waals surface area (Å²) in [5.41, 5.74) is 1.00. The van der Waals surface area contributed by atoms with E-state index in [-0.39, 0.29) is 4.90 Å². The van der Waals surface area contributed by atoms with Crippen molar-refractivity contribution >= 4 is 33.6 Å². The summed E-state index contributed by atoms with van der Waals surface area (Å²) in [4.78, 5) is 24.4. The van der Waals surface area contributed by atoms with E-state index in [0.29, 0.717) is 22.2 Å². The van der Waals surface area contributed by atoms with Gasteiger partial charge in [-0.05, 0) is 42.7 Å². The number of amides is 3. The Morgan fingerprint density at radius 2 is 1.64 bits per heavy atom. The summed E-state index contributed by atoms with van der Waals surface area (Å²) in [6.45, 7) is 0. The molecule has 0 saturated carbocycles. The van der Waals surface area contributed by atoms with E-state index in [4.69, 9.17) is 11.6 Å². The number of carbonyl (C=O) groups excluding carboxylic acids is 2. The molecule has 1 fully saturated rings. The van der Waals surface area contributed by atoms with Crippen LogP contribution in [0.4, 0.5) is 4.79 Å². The smallest absolute Gasteiger partial charge is 0.325 e. The summed E-state index contributed by atoms with van der Waals surface area (Å²) in [7, 11) is -4.26. The van der Waals surface area contributed by atoms with Crippen molar-refractivity contribution in [3.63, 3.8) is 0 Å². The molecule has 1 atom stereocenters. The van der Waals surface area contributed by atoms with Crippen LogP contribution in [0.25, 0.3) is 0 Å². The third-order valence-corrected chi connectivity index (χ3v) is 5.84. The first-order valence-electron chi connectivity index (χ1n) is 7.59. The molecule has 1 aliphatic heterocycles. The number of carbonyl (C=O) groups is 2. The Morgan fingerprint density at radius 3 is 2.28 bits per heavy atom. The van der Waals surface area contributed by atoms with Crippen LogP contribution in [-0.2, 0) is 21.2 Å². The van der Waals surface area contributed by atoms with Crippen LogP contribution in [0.15, 0.2) is 59.5 Å². The monoisotopic (exact) mass is 378 g/mol. The van der Waals surface area contributed by atoms with Crippen molar-refractivity contribution in [1.29, 1.82) is 0 Å². The number of aryl methyl sites for hydroxylation is 1. The maximum absolute atomic E-state index is 12.6. The van der Waals surface area contributed by atoms with Crippen LogP contribution in [0.3, 0.4) is 0 Å². The van der Waals surface area contributed by atoms with Gasteiger partial charge in [-0.3, -0.25) is 4.79 Å². The lowest BCUT2D eigenvalue weighted by Gasteiger charge is -2.13. The number of urea groups is 1.